The smallest absolute Gasteiger partial charge is 0.337 e. The number of likely N-dealkylation sites (tertiary alicyclic amines) is 1. The number of Topliss-reactive ketones (excluding diaryl/α,β-unsaturated/α-hetero) is 1. The van der Waals surface area contributed by atoms with Crippen LogP contribution in [0.15, 0.2) is 54.6 Å². The topological polar surface area (TPSA) is 80.8 Å². The highest BCUT2D eigenvalue weighted by atomic mass is 16.5. The number of benzene rings is 2. The minimum atomic E-state index is -0.608. The normalized spacial score (nSPS) is 23.9. The molecule has 2 amide bonds. The summed E-state index contributed by atoms with van der Waals surface area (Å²) in [6.45, 7) is 1.82. The van der Waals surface area contributed by atoms with Gasteiger partial charge in [0.1, 0.15) is 0 Å². The Labute approximate surface area is 162 Å². The van der Waals surface area contributed by atoms with Gasteiger partial charge in [0.05, 0.1) is 30.6 Å². The van der Waals surface area contributed by atoms with E-state index < -0.39 is 23.7 Å². The molecule has 2 unspecified atom stereocenters. The number of hydrogen-bond acceptors (Lipinski definition) is 5. The molecule has 28 heavy (non-hydrogen) atoms. The first-order valence-corrected chi connectivity index (χ1v) is 9.10. The Morgan fingerprint density at radius 1 is 0.893 bits per heavy atom. The Balaban J connectivity index is 1.49. The molecule has 2 aromatic rings. The molecule has 0 spiro atoms. The van der Waals surface area contributed by atoms with E-state index in [4.69, 9.17) is 0 Å². The molecule has 0 radical (unpaired) electrons. The minimum Gasteiger partial charge on any atom is -0.465 e. The van der Waals surface area contributed by atoms with E-state index in [0.29, 0.717) is 11.1 Å². The SMILES string of the molecule is COC(=O)c1ccc(C(=O)C2[C@H]3C(=O)N(C(C)c4ccccc4)C(=O)[C@@H]23)cc1. The molecule has 6 nitrogen and oxygen atoms in total. The third-order valence-corrected chi connectivity index (χ3v) is 5.63. The molecule has 4 atom stereocenters. The molecule has 1 heterocycles. The summed E-state index contributed by atoms with van der Waals surface area (Å²) >= 11 is 0. The van der Waals surface area contributed by atoms with Gasteiger partial charge in [-0.25, -0.2) is 4.79 Å². The molecule has 1 aliphatic carbocycles. The van der Waals surface area contributed by atoms with E-state index in [1.54, 1.807) is 0 Å². The predicted molar refractivity (Wildman–Crippen MR) is 99.3 cm³/mol. The third-order valence-electron chi connectivity index (χ3n) is 5.63. The van der Waals surface area contributed by atoms with Crippen LogP contribution in [0.2, 0.25) is 0 Å². The van der Waals surface area contributed by atoms with Crippen molar-refractivity contribution in [3.63, 3.8) is 0 Å². The summed E-state index contributed by atoms with van der Waals surface area (Å²) in [7, 11) is 1.28. The van der Waals surface area contributed by atoms with Crippen LogP contribution in [-0.4, -0.2) is 35.6 Å². The summed E-state index contributed by atoms with van der Waals surface area (Å²) in [5.41, 5.74) is 1.60. The number of imide groups is 1. The monoisotopic (exact) mass is 377 g/mol. The van der Waals surface area contributed by atoms with Crippen LogP contribution in [0.3, 0.4) is 0 Å². The molecule has 1 aliphatic heterocycles. The molecule has 1 saturated heterocycles. The van der Waals surface area contributed by atoms with Crippen molar-refractivity contribution in [1.29, 1.82) is 0 Å². The van der Waals surface area contributed by atoms with E-state index >= 15 is 0 Å². The summed E-state index contributed by atoms with van der Waals surface area (Å²) in [5, 5.41) is 0. The van der Waals surface area contributed by atoms with E-state index in [9.17, 15) is 19.2 Å². The maximum Gasteiger partial charge on any atom is 0.337 e. The Bertz CT molecular complexity index is 944. The summed E-state index contributed by atoms with van der Waals surface area (Å²) in [5.74, 6) is -3.05. The van der Waals surface area contributed by atoms with Gasteiger partial charge < -0.3 is 4.74 Å². The zero-order chi connectivity index (χ0) is 20.0. The molecule has 4 rings (SSSR count). The summed E-state index contributed by atoms with van der Waals surface area (Å²) in [4.78, 5) is 51.1. The van der Waals surface area contributed by atoms with Crippen molar-refractivity contribution in [3.8, 4) is 0 Å². The first-order valence-electron chi connectivity index (χ1n) is 9.10. The van der Waals surface area contributed by atoms with Gasteiger partial charge in [0.15, 0.2) is 5.78 Å². The van der Waals surface area contributed by atoms with Crippen molar-refractivity contribution in [3.05, 3.63) is 71.3 Å². The Morgan fingerprint density at radius 2 is 1.43 bits per heavy atom. The molecule has 6 heteroatoms. The molecule has 0 aromatic heterocycles. The van der Waals surface area contributed by atoms with Gasteiger partial charge in [0.2, 0.25) is 11.8 Å². The Hall–Kier alpha value is -3.28. The molecule has 2 fully saturated rings. The second-order valence-electron chi connectivity index (χ2n) is 7.14. The molecule has 142 valence electrons. The fourth-order valence-corrected chi connectivity index (χ4v) is 4.02. The lowest BCUT2D eigenvalue weighted by molar-refractivity contribution is -0.144. The van der Waals surface area contributed by atoms with Crippen molar-refractivity contribution in [2.75, 3.05) is 7.11 Å². The lowest BCUT2D eigenvalue weighted by Gasteiger charge is -2.25. The average Bonchev–Trinajstić information content (AvgIpc) is 3.43. The number of amides is 2. The van der Waals surface area contributed by atoms with Crippen molar-refractivity contribution in [1.82, 2.24) is 4.90 Å². The summed E-state index contributed by atoms with van der Waals surface area (Å²) < 4.78 is 4.64. The van der Waals surface area contributed by atoms with E-state index in [1.807, 2.05) is 37.3 Å². The van der Waals surface area contributed by atoms with Crippen LogP contribution in [0.1, 0.15) is 39.2 Å². The van der Waals surface area contributed by atoms with E-state index in [1.165, 1.54) is 36.3 Å². The Morgan fingerprint density at radius 3 is 1.96 bits per heavy atom. The third kappa shape index (κ3) is 2.72. The quantitative estimate of drug-likeness (QED) is 0.455. The average molecular weight is 377 g/mol. The number of carbonyl (C=O) groups excluding carboxylic acids is 4. The summed E-state index contributed by atoms with van der Waals surface area (Å²) in [6, 6.07) is 15.1. The van der Waals surface area contributed by atoms with Crippen molar-refractivity contribution >= 4 is 23.6 Å². The van der Waals surface area contributed by atoms with Crippen molar-refractivity contribution in [2.45, 2.75) is 13.0 Å². The minimum absolute atomic E-state index is 0.236. The van der Waals surface area contributed by atoms with E-state index in [2.05, 4.69) is 4.74 Å². The molecule has 2 aromatic carbocycles. The maximum absolute atomic E-state index is 12.8. The Kier molecular flexibility index (Phi) is 4.34. The number of methoxy groups -OCH3 is 1. The van der Waals surface area contributed by atoms with Crippen LogP contribution >= 0.6 is 0 Å². The number of ether oxygens (including phenoxy) is 1. The molecular weight excluding hydrogens is 358 g/mol. The highest BCUT2D eigenvalue weighted by molar-refractivity contribution is 6.17. The highest BCUT2D eigenvalue weighted by Gasteiger charge is 2.70. The summed E-state index contributed by atoms with van der Waals surface area (Å²) in [6.07, 6.45) is 0. The largest absolute Gasteiger partial charge is 0.465 e. The molecule has 2 aliphatic rings. The molecule has 0 N–H and O–H groups in total. The zero-order valence-corrected chi connectivity index (χ0v) is 15.5. The fraction of sp³-hybridized carbons (Fsp3) is 0.273. The lowest BCUT2D eigenvalue weighted by atomic mass is 10.0. The number of hydrogen-bond donors (Lipinski definition) is 0. The number of rotatable bonds is 5. The van der Waals surface area contributed by atoms with Crippen LogP contribution in [-0.2, 0) is 14.3 Å². The standard InChI is InChI=1S/C22H19NO5/c1-12(13-6-4-3-5-7-13)23-20(25)17-16(18(17)21(23)26)19(24)14-8-10-15(11-9-14)22(27)28-2/h3-12,16-18H,1-2H3/t12?,16?,17-,18+. The fourth-order valence-electron chi connectivity index (χ4n) is 4.02. The second-order valence-corrected chi connectivity index (χ2v) is 7.14. The van der Waals surface area contributed by atoms with Crippen molar-refractivity contribution < 1.29 is 23.9 Å². The van der Waals surface area contributed by atoms with Crippen LogP contribution in [0.25, 0.3) is 0 Å². The van der Waals surface area contributed by atoms with Crippen LogP contribution < -0.4 is 0 Å². The van der Waals surface area contributed by atoms with Gasteiger partial charge in [-0.3, -0.25) is 19.3 Å². The number of nitrogens with zero attached hydrogens (tertiary/aromatic N) is 1. The van der Waals surface area contributed by atoms with Gasteiger partial charge >= 0.3 is 5.97 Å². The lowest BCUT2D eigenvalue weighted by Crippen LogP contribution is -2.37. The first kappa shape index (κ1) is 18.1. The molecule has 1 saturated carbocycles. The predicted octanol–water partition coefficient (Wildman–Crippen LogP) is 2.65. The number of ketones is 1. The van der Waals surface area contributed by atoms with Gasteiger partial charge in [-0.1, -0.05) is 42.5 Å². The number of carbonyl (C=O) groups is 4. The van der Waals surface area contributed by atoms with Crippen molar-refractivity contribution in [2.24, 2.45) is 17.8 Å². The van der Waals surface area contributed by atoms with Crippen LogP contribution in [0, 0.1) is 17.8 Å². The number of fused-ring (bicyclic) bond motifs is 1. The van der Waals surface area contributed by atoms with E-state index in [-0.39, 0.29) is 23.6 Å². The zero-order valence-electron chi connectivity index (χ0n) is 15.5. The molecule has 0 bridgehead atoms. The first-order chi connectivity index (χ1) is 13.5. The van der Waals surface area contributed by atoms with Gasteiger partial charge in [-0.15, -0.1) is 0 Å². The maximum atomic E-state index is 12.8. The number of piperidine rings is 1. The molecular formula is C22H19NO5. The van der Waals surface area contributed by atoms with Crippen LogP contribution in [0.5, 0.6) is 0 Å². The van der Waals surface area contributed by atoms with Gasteiger partial charge in [0.25, 0.3) is 0 Å². The van der Waals surface area contributed by atoms with Gasteiger partial charge in [-0.05, 0) is 24.6 Å². The van der Waals surface area contributed by atoms with Crippen LogP contribution in [0.4, 0.5) is 0 Å². The highest BCUT2D eigenvalue weighted by Crippen LogP contribution is 2.56. The second kappa shape index (κ2) is 6.71. The van der Waals surface area contributed by atoms with E-state index in [0.717, 1.165) is 5.56 Å². The van der Waals surface area contributed by atoms with Gasteiger partial charge in [-0.2, -0.15) is 0 Å². The number of esters is 1. The van der Waals surface area contributed by atoms with Gasteiger partial charge in [0, 0.05) is 11.5 Å².